The predicted octanol–water partition coefficient (Wildman–Crippen LogP) is 2.70. The first-order valence-electron chi connectivity index (χ1n) is 6.84. The van der Waals surface area contributed by atoms with Gasteiger partial charge in [-0.1, -0.05) is 12.1 Å². The van der Waals surface area contributed by atoms with Crippen molar-refractivity contribution in [2.24, 2.45) is 0 Å². The number of nitrogens with zero attached hydrogens (tertiary/aromatic N) is 1. The fraction of sp³-hybridized carbons (Fsp3) is 0.176. The van der Waals surface area contributed by atoms with Crippen LogP contribution in [-0.2, 0) is 6.54 Å². The highest BCUT2D eigenvalue weighted by Gasteiger charge is 2.08. The molecule has 0 heterocycles. The maximum Gasteiger partial charge on any atom is 0.335 e. The summed E-state index contributed by atoms with van der Waals surface area (Å²) < 4.78 is 0. The first kappa shape index (κ1) is 15.7. The standard InChI is InChI=1S/C17H18N2O3/c1-19(2)11-12-4-3-5-15(10-12)18-16(20)13-6-8-14(9-7-13)17(21)22/h3-10H,11H2,1-2H3,(H,18,20)(H,21,22). The van der Waals surface area contributed by atoms with Gasteiger partial charge in [0.25, 0.3) is 5.91 Å². The van der Waals surface area contributed by atoms with Crippen molar-refractivity contribution >= 4 is 17.6 Å². The van der Waals surface area contributed by atoms with Crippen LogP contribution in [0.2, 0.25) is 0 Å². The SMILES string of the molecule is CN(C)Cc1cccc(NC(=O)c2ccc(C(=O)O)cc2)c1. The van der Waals surface area contributed by atoms with Crippen LogP contribution in [0.3, 0.4) is 0 Å². The topological polar surface area (TPSA) is 69.6 Å². The van der Waals surface area contributed by atoms with Gasteiger partial charge in [-0.15, -0.1) is 0 Å². The second kappa shape index (κ2) is 6.87. The Labute approximate surface area is 129 Å². The Hall–Kier alpha value is -2.66. The van der Waals surface area contributed by atoms with Crippen molar-refractivity contribution < 1.29 is 14.7 Å². The molecule has 0 saturated heterocycles. The molecule has 0 aliphatic heterocycles. The van der Waals surface area contributed by atoms with Crippen LogP contribution in [0.15, 0.2) is 48.5 Å². The Morgan fingerprint density at radius 3 is 2.27 bits per heavy atom. The molecule has 0 aliphatic carbocycles. The van der Waals surface area contributed by atoms with Crippen molar-refractivity contribution in [3.63, 3.8) is 0 Å². The average Bonchev–Trinajstić information content (AvgIpc) is 2.47. The Kier molecular flexibility index (Phi) is 4.91. The lowest BCUT2D eigenvalue weighted by atomic mass is 10.1. The summed E-state index contributed by atoms with van der Waals surface area (Å²) in [5.41, 5.74) is 2.39. The maximum atomic E-state index is 12.2. The molecule has 0 bridgehead atoms. The van der Waals surface area contributed by atoms with Crippen molar-refractivity contribution in [2.45, 2.75) is 6.54 Å². The number of carboxylic acids is 1. The summed E-state index contributed by atoms with van der Waals surface area (Å²) in [7, 11) is 3.96. The van der Waals surface area contributed by atoms with E-state index in [1.807, 2.05) is 43.3 Å². The number of carbonyl (C=O) groups excluding carboxylic acids is 1. The number of benzene rings is 2. The highest BCUT2D eigenvalue weighted by atomic mass is 16.4. The first-order valence-corrected chi connectivity index (χ1v) is 6.84. The lowest BCUT2D eigenvalue weighted by molar-refractivity contribution is 0.0696. The summed E-state index contributed by atoms with van der Waals surface area (Å²) in [5.74, 6) is -1.28. The fourth-order valence-electron chi connectivity index (χ4n) is 2.08. The lowest BCUT2D eigenvalue weighted by Crippen LogP contribution is -2.13. The Balaban J connectivity index is 2.09. The zero-order valence-corrected chi connectivity index (χ0v) is 12.5. The molecule has 0 aliphatic rings. The predicted molar refractivity (Wildman–Crippen MR) is 85.2 cm³/mol. The first-order chi connectivity index (χ1) is 10.5. The van der Waals surface area contributed by atoms with E-state index in [-0.39, 0.29) is 11.5 Å². The molecule has 5 heteroatoms. The van der Waals surface area contributed by atoms with Crippen LogP contribution in [0.5, 0.6) is 0 Å². The van der Waals surface area contributed by atoms with Gasteiger partial charge in [0.1, 0.15) is 0 Å². The molecule has 22 heavy (non-hydrogen) atoms. The summed E-state index contributed by atoms with van der Waals surface area (Å²) in [4.78, 5) is 25.0. The van der Waals surface area contributed by atoms with Crippen molar-refractivity contribution in [3.8, 4) is 0 Å². The minimum absolute atomic E-state index is 0.157. The van der Waals surface area contributed by atoms with E-state index in [9.17, 15) is 9.59 Å². The number of aromatic carboxylic acids is 1. The lowest BCUT2D eigenvalue weighted by Gasteiger charge is -2.11. The molecule has 0 unspecified atom stereocenters. The molecule has 0 fully saturated rings. The van der Waals surface area contributed by atoms with Gasteiger partial charge in [0.05, 0.1) is 5.56 Å². The van der Waals surface area contributed by atoms with E-state index in [0.717, 1.165) is 12.1 Å². The number of hydrogen-bond donors (Lipinski definition) is 2. The Morgan fingerprint density at radius 1 is 1.05 bits per heavy atom. The van der Waals surface area contributed by atoms with Crippen molar-refractivity contribution in [3.05, 3.63) is 65.2 Å². The van der Waals surface area contributed by atoms with Gasteiger partial charge in [-0.3, -0.25) is 4.79 Å². The normalized spacial score (nSPS) is 10.5. The Bertz CT molecular complexity index is 679. The number of carbonyl (C=O) groups is 2. The van der Waals surface area contributed by atoms with Gasteiger partial charge in [0.15, 0.2) is 0 Å². The second-order valence-corrected chi connectivity index (χ2v) is 5.27. The van der Waals surface area contributed by atoms with Crippen LogP contribution >= 0.6 is 0 Å². The monoisotopic (exact) mass is 298 g/mol. The molecule has 2 aromatic rings. The molecule has 1 amide bonds. The van der Waals surface area contributed by atoms with Gasteiger partial charge in [-0.2, -0.15) is 0 Å². The smallest absolute Gasteiger partial charge is 0.335 e. The third-order valence-corrected chi connectivity index (χ3v) is 3.08. The highest BCUT2D eigenvalue weighted by molar-refractivity contribution is 6.04. The van der Waals surface area contributed by atoms with Crippen LogP contribution in [0.25, 0.3) is 0 Å². The van der Waals surface area contributed by atoms with E-state index in [2.05, 4.69) is 5.32 Å². The van der Waals surface area contributed by atoms with Crippen LogP contribution < -0.4 is 5.32 Å². The summed E-state index contributed by atoms with van der Waals surface area (Å²) >= 11 is 0. The number of rotatable bonds is 5. The molecular formula is C17H18N2O3. The number of carboxylic acid groups (broad SMARTS) is 1. The zero-order valence-electron chi connectivity index (χ0n) is 12.5. The summed E-state index contributed by atoms with van der Waals surface area (Å²) in [5, 5.41) is 11.7. The van der Waals surface area contributed by atoms with Gasteiger partial charge in [0, 0.05) is 17.8 Å². The third-order valence-electron chi connectivity index (χ3n) is 3.08. The van der Waals surface area contributed by atoms with Gasteiger partial charge in [-0.25, -0.2) is 4.79 Å². The number of amides is 1. The highest BCUT2D eigenvalue weighted by Crippen LogP contribution is 2.14. The third kappa shape index (κ3) is 4.17. The zero-order chi connectivity index (χ0) is 16.1. The van der Waals surface area contributed by atoms with Crippen molar-refractivity contribution in [1.82, 2.24) is 4.90 Å². The quantitative estimate of drug-likeness (QED) is 0.890. The maximum absolute atomic E-state index is 12.2. The second-order valence-electron chi connectivity index (χ2n) is 5.27. The minimum atomic E-state index is -1.01. The summed E-state index contributed by atoms with van der Waals surface area (Å²) in [6, 6.07) is 13.5. The van der Waals surface area contributed by atoms with Crippen LogP contribution in [-0.4, -0.2) is 36.0 Å². The molecule has 2 N–H and O–H groups in total. The molecule has 114 valence electrons. The van der Waals surface area contributed by atoms with Crippen LogP contribution in [0.4, 0.5) is 5.69 Å². The number of hydrogen-bond acceptors (Lipinski definition) is 3. The fourth-order valence-corrected chi connectivity index (χ4v) is 2.08. The molecule has 0 atom stereocenters. The van der Waals surface area contributed by atoms with E-state index in [1.54, 1.807) is 0 Å². The van der Waals surface area contributed by atoms with E-state index in [1.165, 1.54) is 24.3 Å². The van der Waals surface area contributed by atoms with Crippen LogP contribution in [0, 0.1) is 0 Å². The van der Waals surface area contributed by atoms with Crippen molar-refractivity contribution in [1.29, 1.82) is 0 Å². The molecule has 2 aromatic carbocycles. The Morgan fingerprint density at radius 2 is 1.68 bits per heavy atom. The van der Waals surface area contributed by atoms with Crippen LogP contribution in [0.1, 0.15) is 26.3 Å². The van der Waals surface area contributed by atoms with Gasteiger partial charge in [0.2, 0.25) is 0 Å². The van der Waals surface area contributed by atoms with Crippen molar-refractivity contribution in [2.75, 3.05) is 19.4 Å². The van der Waals surface area contributed by atoms with E-state index in [4.69, 9.17) is 5.11 Å². The van der Waals surface area contributed by atoms with E-state index in [0.29, 0.717) is 11.3 Å². The number of nitrogens with one attached hydrogen (secondary N) is 1. The largest absolute Gasteiger partial charge is 0.478 e. The molecular weight excluding hydrogens is 280 g/mol. The number of anilines is 1. The molecule has 0 spiro atoms. The van der Waals surface area contributed by atoms with Gasteiger partial charge >= 0.3 is 5.97 Å². The molecule has 0 radical (unpaired) electrons. The average molecular weight is 298 g/mol. The molecule has 2 rings (SSSR count). The summed E-state index contributed by atoms with van der Waals surface area (Å²) in [6.45, 7) is 0.789. The minimum Gasteiger partial charge on any atom is -0.478 e. The van der Waals surface area contributed by atoms with E-state index >= 15 is 0 Å². The van der Waals surface area contributed by atoms with Gasteiger partial charge in [-0.05, 0) is 56.1 Å². The molecule has 0 aromatic heterocycles. The summed E-state index contributed by atoms with van der Waals surface area (Å²) in [6.07, 6.45) is 0. The van der Waals surface area contributed by atoms with E-state index < -0.39 is 5.97 Å². The van der Waals surface area contributed by atoms with Gasteiger partial charge < -0.3 is 15.3 Å². The molecule has 5 nitrogen and oxygen atoms in total. The molecule has 0 saturated carbocycles.